The van der Waals surface area contributed by atoms with E-state index < -0.39 is 5.91 Å². The summed E-state index contributed by atoms with van der Waals surface area (Å²) in [5.74, 6) is -0.405. The van der Waals surface area contributed by atoms with Gasteiger partial charge in [0.2, 0.25) is 0 Å². The quantitative estimate of drug-likeness (QED) is 0.921. The number of primary amides is 1. The molecule has 2 N–H and O–H groups in total. The number of likely N-dealkylation sites (N-methyl/N-ethyl adjacent to an activating group) is 1. The van der Waals surface area contributed by atoms with Crippen molar-refractivity contribution >= 4 is 23.2 Å². The fourth-order valence-electron chi connectivity index (χ4n) is 3.85. The summed E-state index contributed by atoms with van der Waals surface area (Å²) in [5, 5.41) is 0. The van der Waals surface area contributed by atoms with Gasteiger partial charge in [-0.2, -0.15) is 0 Å². The third-order valence-corrected chi connectivity index (χ3v) is 5.97. The number of nitrogens with two attached hydrogens (primary N) is 1. The summed E-state index contributed by atoms with van der Waals surface area (Å²) in [6.45, 7) is 5.21. The molecule has 0 aliphatic carbocycles. The minimum absolute atomic E-state index is 0.0583. The molecule has 0 bridgehead atoms. The summed E-state index contributed by atoms with van der Waals surface area (Å²) in [4.78, 5) is 29.6. The monoisotopic (exact) mass is 321 g/mol. The van der Waals surface area contributed by atoms with E-state index in [4.69, 9.17) is 5.73 Å². The standard InChI is InChI=1S/C16H23N3O2S/c1-2-18-9-3-5-11(18)12-6-4-10-19(12)16(21)14-8-7-13(22-14)15(17)20/h7-8,11-12H,2-6,9-10H2,1H3,(H2,17,20)/t11-,12+/m0/s1. The van der Waals surface area contributed by atoms with Crippen LogP contribution in [0.25, 0.3) is 0 Å². The summed E-state index contributed by atoms with van der Waals surface area (Å²) in [6, 6.07) is 4.19. The zero-order chi connectivity index (χ0) is 15.7. The number of hydrogen-bond acceptors (Lipinski definition) is 4. The Morgan fingerprint density at radius 2 is 1.86 bits per heavy atom. The van der Waals surface area contributed by atoms with Crippen LogP contribution in [0, 0.1) is 0 Å². The van der Waals surface area contributed by atoms with Crippen molar-refractivity contribution in [3.8, 4) is 0 Å². The van der Waals surface area contributed by atoms with Gasteiger partial charge in [0.05, 0.1) is 9.75 Å². The molecule has 5 nitrogen and oxygen atoms in total. The Morgan fingerprint density at radius 3 is 2.55 bits per heavy atom. The van der Waals surface area contributed by atoms with Crippen LogP contribution in [0.1, 0.15) is 52.0 Å². The average Bonchev–Trinajstić information content (AvgIpc) is 3.23. The third kappa shape index (κ3) is 2.77. The number of likely N-dealkylation sites (tertiary alicyclic amines) is 2. The van der Waals surface area contributed by atoms with Gasteiger partial charge in [0.25, 0.3) is 11.8 Å². The molecular formula is C16H23N3O2S. The van der Waals surface area contributed by atoms with Crippen molar-refractivity contribution in [3.05, 3.63) is 21.9 Å². The van der Waals surface area contributed by atoms with Gasteiger partial charge in [0.1, 0.15) is 0 Å². The SMILES string of the molecule is CCN1CCC[C@H]1[C@H]1CCCN1C(=O)c1ccc(C(N)=O)s1. The van der Waals surface area contributed by atoms with Crippen molar-refractivity contribution in [2.75, 3.05) is 19.6 Å². The second kappa shape index (κ2) is 6.38. The molecule has 1 aromatic rings. The molecule has 2 fully saturated rings. The Labute approximate surface area is 135 Å². The maximum atomic E-state index is 12.8. The van der Waals surface area contributed by atoms with Crippen LogP contribution in [-0.4, -0.2) is 53.3 Å². The summed E-state index contributed by atoms with van der Waals surface area (Å²) in [6.07, 6.45) is 4.56. The second-order valence-electron chi connectivity index (χ2n) is 6.07. The second-order valence-corrected chi connectivity index (χ2v) is 7.16. The molecule has 0 unspecified atom stereocenters. The van der Waals surface area contributed by atoms with Gasteiger partial charge in [-0.25, -0.2) is 0 Å². The molecule has 0 radical (unpaired) electrons. The molecule has 22 heavy (non-hydrogen) atoms. The molecule has 2 amide bonds. The van der Waals surface area contributed by atoms with Gasteiger partial charge in [-0.3, -0.25) is 14.5 Å². The van der Waals surface area contributed by atoms with E-state index in [0.717, 1.165) is 32.5 Å². The highest BCUT2D eigenvalue weighted by Gasteiger charge is 2.39. The van der Waals surface area contributed by atoms with E-state index in [2.05, 4.69) is 11.8 Å². The molecule has 120 valence electrons. The number of carbonyl (C=O) groups is 2. The lowest BCUT2D eigenvalue weighted by atomic mass is 10.0. The first-order chi connectivity index (χ1) is 10.6. The van der Waals surface area contributed by atoms with Gasteiger partial charge >= 0.3 is 0 Å². The van der Waals surface area contributed by atoms with Crippen LogP contribution in [0.2, 0.25) is 0 Å². The fourth-order valence-corrected chi connectivity index (χ4v) is 4.67. The first-order valence-corrected chi connectivity index (χ1v) is 8.88. The zero-order valence-electron chi connectivity index (χ0n) is 13.0. The maximum absolute atomic E-state index is 12.8. The Balaban J connectivity index is 1.77. The van der Waals surface area contributed by atoms with Crippen LogP contribution in [0.15, 0.2) is 12.1 Å². The first kappa shape index (κ1) is 15.5. The molecule has 6 heteroatoms. The lowest BCUT2D eigenvalue weighted by molar-refractivity contribution is 0.0654. The van der Waals surface area contributed by atoms with Crippen molar-refractivity contribution in [1.29, 1.82) is 0 Å². The van der Waals surface area contributed by atoms with Crippen molar-refractivity contribution in [1.82, 2.24) is 9.80 Å². The van der Waals surface area contributed by atoms with E-state index in [1.54, 1.807) is 12.1 Å². The van der Waals surface area contributed by atoms with Crippen LogP contribution < -0.4 is 5.73 Å². The summed E-state index contributed by atoms with van der Waals surface area (Å²) in [7, 11) is 0. The minimum Gasteiger partial charge on any atom is -0.365 e. The molecular weight excluding hydrogens is 298 g/mol. The smallest absolute Gasteiger partial charge is 0.264 e. The Bertz CT molecular complexity index is 571. The number of amides is 2. The van der Waals surface area contributed by atoms with Crippen LogP contribution in [0.4, 0.5) is 0 Å². The van der Waals surface area contributed by atoms with Crippen molar-refractivity contribution < 1.29 is 9.59 Å². The van der Waals surface area contributed by atoms with Crippen LogP contribution in [-0.2, 0) is 0 Å². The first-order valence-electron chi connectivity index (χ1n) is 8.06. The zero-order valence-corrected chi connectivity index (χ0v) is 13.8. The van der Waals surface area contributed by atoms with Crippen LogP contribution in [0.3, 0.4) is 0 Å². The van der Waals surface area contributed by atoms with E-state index in [1.807, 2.05) is 4.90 Å². The van der Waals surface area contributed by atoms with Crippen molar-refractivity contribution in [3.63, 3.8) is 0 Å². The molecule has 2 aliphatic rings. The molecule has 2 aliphatic heterocycles. The van der Waals surface area contributed by atoms with E-state index >= 15 is 0 Å². The van der Waals surface area contributed by atoms with Gasteiger partial charge in [0.15, 0.2) is 0 Å². The largest absolute Gasteiger partial charge is 0.365 e. The van der Waals surface area contributed by atoms with Gasteiger partial charge in [-0.05, 0) is 50.9 Å². The van der Waals surface area contributed by atoms with E-state index in [1.165, 1.54) is 24.2 Å². The Kier molecular flexibility index (Phi) is 4.49. The molecule has 3 rings (SSSR count). The molecule has 3 heterocycles. The Hall–Kier alpha value is -1.40. The Morgan fingerprint density at radius 1 is 1.18 bits per heavy atom. The topological polar surface area (TPSA) is 66.6 Å². The number of nitrogens with zero attached hydrogens (tertiary/aromatic N) is 2. The predicted molar refractivity (Wildman–Crippen MR) is 87.2 cm³/mol. The summed E-state index contributed by atoms with van der Waals surface area (Å²) >= 11 is 1.21. The highest BCUT2D eigenvalue weighted by Crippen LogP contribution is 2.31. The summed E-state index contributed by atoms with van der Waals surface area (Å²) < 4.78 is 0. The van der Waals surface area contributed by atoms with E-state index in [0.29, 0.717) is 21.8 Å². The number of hydrogen-bond donors (Lipinski definition) is 1. The average molecular weight is 321 g/mol. The molecule has 0 spiro atoms. The van der Waals surface area contributed by atoms with E-state index in [9.17, 15) is 9.59 Å². The third-order valence-electron chi connectivity index (χ3n) is 4.88. The predicted octanol–water partition coefficient (Wildman–Crippen LogP) is 1.94. The number of rotatable bonds is 4. The highest BCUT2D eigenvalue weighted by atomic mass is 32.1. The molecule has 2 saturated heterocycles. The molecule has 0 saturated carbocycles. The molecule has 2 atom stereocenters. The minimum atomic E-state index is -0.463. The van der Waals surface area contributed by atoms with Crippen LogP contribution >= 0.6 is 11.3 Å². The number of carbonyl (C=O) groups excluding carboxylic acids is 2. The van der Waals surface area contributed by atoms with Crippen molar-refractivity contribution in [2.45, 2.75) is 44.7 Å². The van der Waals surface area contributed by atoms with Gasteiger partial charge in [0, 0.05) is 18.6 Å². The normalized spacial score (nSPS) is 25.8. The van der Waals surface area contributed by atoms with Gasteiger partial charge in [-0.15, -0.1) is 11.3 Å². The van der Waals surface area contributed by atoms with E-state index in [-0.39, 0.29) is 5.91 Å². The van der Waals surface area contributed by atoms with Gasteiger partial charge in [-0.1, -0.05) is 6.92 Å². The molecule has 0 aromatic carbocycles. The fraction of sp³-hybridized carbons (Fsp3) is 0.625. The maximum Gasteiger partial charge on any atom is 0.264 e. The van der Waals surface area contributed by atoms with Crippen molar-refractivity contribution in [2.24, 2.45) is 5.73 Å². The summed E-state index contributed by atoms with van der Waals surface area (Å²) in [5.41, 5.74) is 5.28. The highest BCUT2D eigenvalue weighted by molar-refractivity contribution is 7.15. The van der Waals surface area contributed by atoms with Gasteiger partial charge < -0.3 is 10.6 Å². The molecule has 1 aromatic heterocycles. The van der Waals surface area contributed by atoms with Crippen LogP contribution in [0.5, 0.6) is 0 Å². The number of thiophene rings is 1. The lowest BCUT2D eigenvalue weighted by Crippen LogP contribution is -2.48. The lowest BCUT2D eigenvalue weighted by Gasteiger charge is -2.34.